The summed E-state index contributed by atoms with van der Waals surface area (Å²) in [6, 6.07) is 4.38. The molecule has 0 aliphatic heterocycles. The van der Waals surface area contributed by atoms with E-state index in [2.05, 4.69) is 21.0 Å². The van der Waals surface area contributed by atoms with Gasteiger partial charge in [0.05, 0.1) is 32.2 Å². The molecular formula is C13H15BrClN3O2S. The highest BCUT2D eigenvalue weighted by molar-refractivity contribution is 9.10. The third-order valence-electron chi connectivity index (χ3n) is 3.09. The molecule has 2 rings (SSSR count). The number of aryl methyl sites for hydroxylation is 2. The molecule has 0 fully saturated rings. The van der Waals surface area contributed by atoms with Crippen LogP contribution in [0.15, 0.2) is 27.6 Å². The zero-order valence-corrected chi connectivity index (χ0v) is 14.8. The molecule has 0 aliphatic rings. The fourth-order valence-electron chi connectivity index (χ4n) is 2.07. The number of hydrogen-bond donors (Lipinski definition) is 1. The Balaban J connectivity index is 2.47. The molecule has 0 spiro atoms. The van der Waals surface area contributed by atoms with Gasteiger partial charge in [-0.3, -0.25) is 4.68 Å². The number of anilines is 1. The first-order valence-corrected chi connectivity index (χ1v) is 9.08. The van der Waals surface area contributed by atoms with Crippen molar-refractivity contribution in [3.63, 3.8) is 0 Å². The Morgan fingerprint density at radius 1 is 1.43 bits per heavy atom. The van der Waals surface area contributed by atoms with E-state index in [-0.39, 0.29) is 16.3 Å². The standard InChI is InChI=1S/C13H15BrClN3O2S/c1-3-18-11(13(14)8(2)17-18)7-21(19,20)12-5-4-9(15)6-10(12)16/h4-6H,3,7,16H2,1-2H3. The van der Waals surface area contributed by atoms with E-state index in [0.29, 0.717) is 21.7 Å². The van der Waals surface area contributed by atoms with E-state index in [4.69, 9.17) is 17.3 Å². The highest BCUT2D eigenvalue weighted by atomic mass is 79.9. The quantitative estimate of drug-likeness (QED) is 0.811. The number of nitrogens with two attached hydrogens (primary N) is 1. The van der Waals surface area contributed by atoms with Gasteiger partial charge in [0.25, 0.3) is 0 Å². The van der Waals surface area contributed by atoms with Gasteiger partial charge < -0.3 is 5.73 Å². The number of rotatable bonds is 4. The lowest BCUT2D eigenvalue weighted by Gasteiger charge is -2.09. The molecule has 0 unspecified atom stereocenters. The molecule has 5 nitrogen and oxygen atoms in total. The maximum atomic E-state index is 12.6. The Bertz CT molecular complexity index is 787. The summed E-state index contributed by atoms with van der Waals surface area (Å²) in [7, 11) is -3.58. The number of hydrogen-bond acceptors (Lipinski definition) is 4. The van der Waals surface area contributed by atoms with E-state index < -0.39 is 9.84 Å². The molecule has 0 radical (unpaired) electrons. The van der Waals surface area contributed by atoms with E-state index in [1.807, 2.05) is 13.8 Å². The molecule has 2 aromatic rings. The summed E-state index contributed by atoms with van der Waals surface area (Å²) in [4.78, 5) is 0.0836. The first-order chi connectivity index (χ1) is 9.76. The first-order valence-electron chi connectivity index (χ1n) is 6.25. The zero-order chi connectivity index (χ0) is 15.8. The number of halogens is 2. The lowest BCUT2D eigenvalue weighted by atomic mass is 10.3. The summed E-state index contributed by atoms with van der Waals surface area (Å²) >= 11 is 9.20. The normalized spacial score (nSPS) is 11.8. The third kappa shape index (κ3) is 3.25. The van der Waals surface area contributed by atoms with Crippen LogP contribution in [-0.2, 0) is 22.1 Å². The average Bonchev–Trinajstić information content (AvgIpc) is 2.65. The van der Waals surface area contributed by atoms with Crippen LogP contribution in [0.2, 0.25) is 5.02 Å². The molecule has 0 aliphatic carbocycles. The summed E-state index contributed by atoms with van der Waals surface area (Å²) in [5.74, 6) is -0.173. The van der Waals surface area contributed by atoms with Crippen LogP contribution in [0.1, 0.15) is 18.3 Å². The molecule has 21 heavy (non-hydrogen) atoms. The second-order valence-corrected chi connectivity index (χ2v) is 7.79. The van der Waals surface area contributed by atoms with Crippen molar-refractivity contribution in [2.24, 2.45) is 0 Å². The second-order valence-electron chi connectivity index (χ2n) is 4.60. The van der Waals surface area contributed by atoms with Gasteiger partial charge in [-0.15, -0.1) is 0 Å². The molecule has 0 bridgehead atoms. The van der Waals surface area contributed by atoms with Crippen LogP contribution in [-0.4, -0.2) is 18.2 Å². The van der Waals surface area contributed by atoms with Crippen LogP contribution < -0.4 is 5.73 Å². The van der Waals surface area contributed by atoms with Gasteiger partial charge in [-0.25, -0.2) is 8.42 Å². The van der Waals surface area contributed by atoms with E-state index in [0.717, 1.165) is 5.69 Å². The Morgan fingerprint density at radius 3 is 2.67 bits per heavy atom. The van der Waals surface area contributed by atoms with Crippen molar-refractivity contribution >= 4 is 43.1 Å². The topological polar surface area (TPSA) is 78.0 Å². The van der Waals surface area contributed by atoms with E-state index in [1.54, 1.807) is 4.68 Å². The Kier molecular flexibility index (Phi) is 4.65. The molecule has 0 saturated heterocycles. The molecule has 114 valence electrons. The van der Waals surface area contributed by atoms with Crippen molar-refractivity contribution in [2.75, 3.05) is 5.73 Å². The molecule has 0 amide bonds. The number of sulfone groups is 1. The number of nitrogens with zero attached hydrogens (tertiary/aromatic N) is 2. The van der Waals surface area contributed by atoms with E-state index in [9.17, 15) is 8.42 Å². The number of nitrogen functional groups attached to an aromatic ring is 1. The van der Waals surface area contributed by atoms with Gasteiger partial charge in [0, 0.05) is 11.6 Å². The molecule has 8 heteroatoms. The van der Waals surface area contributed by atoms with Crippen LogP contribution in [0, 0.1) is 6.92 Å². The molecular weight excluding hydrogens is 378 g/mol. The lowest BCUT2D eigenvalue weighted by Crippen LogP contribution is -2.12. The predicted molar refractivity (Wildman–Crippen MR) is 87.1 cm³/mol. The molecule has 0 saturated carbocycles. The molecule has 1 heterocycles. The third-order valence-corrected chi connectivity index (χ3v) is 6.05. The van der Waals surface area contributed by atoms with Crippen LogP contribution in [0.4, 0.5) is 5.69 Å². The van der Waals surface area contributed by atoms with E-state index >= 15 is 0 Å². The summed E-state index contributed by atoms with van der Waals surface area (Å²) in [6.07, 6.45) is 0. The van der Waals surface area contributed by atoms with Gasteiger partial charge in [0.15, 0.2) is 9.84 Å². The fraction of sp³-hybridized carbons (Fsp3) is 0.308. The van der Waals surface area contributed by atoms with Gasteiger partial charge in [-0.2, -0.15) is 5.10 Å². The van der Waals surface area contributed by atoms with Gasteiger partial charge in [-0.1, -0.05) is 11.6 Å². The Hall–Kier alpha value is -1.05. The van der Waals surface area contributed by atoms with Crippen LogP contribution in [0.3, 0.4) is 0 Å². The molecule has 0 atom stereocenters. The monoisotopic (exact) mass is 391 g/mol. The number of benzene rings is 1. The lowest BCUT2D eigenvalue weighted by molar-refractivity contribution is 0.585. The zero-order valence-electron chi connectivity index (χ0n) is 11.6. The summed E-state index contributed by atoms with van der Waals surface area (Å²) in [6.45, 7) is 4.32. The van der Waals surface area contributed by atoms with Gasteiger partial charge in [-0.05, 0) is 48.0 Å². The predicted octanol–water partition coefficient (Wildman–Crippen LogP) is 3.18. The SMILES string of the molecule is CCn1nc(C)c(Br)c1CS(=O)(=O)c1ccc(Cl)cc1N. The van der Waals surface area contributed by atoms with Crippen LogP contribution >= 0.6 is 27.5 Å². The summed E-state index contributed by atoms with van der Waals surface area (Å²) in [5.41, 5.74) is 7.30. The maximum absolute atomic E-state index is 12.6. The minimum absolute atomic E-state index is 0.0836. The van der Waals surface area contributed by atoms with Gasteiger partial charge in [0.1, 0.15) is 0 Å². The second kappa shape index (κ2) is 5.98. The van der Waals surface area contributed by atoms with Crippen molar-refractivity contribution in [3.8, 4) is 0 Å². The largest absolute Gasteiger partial charge is 0.398 e. The van der Waals surface area contributed by atoms with Gasteiger partial charge in [0.2, 0.25) is 0 Å². The fourth-order valence-corrected chi connectivity index (χ4v) is 4.36. The van der Waals surface area contributed by atoms with Crippen molar-refractivity contribution in [1.29, 1.82) is 0 Å². The average molecular weight is 393 g/mol. The first kappa shape index (κ1) is 16.3. The smallest absolute Gasteiger partial charge is 0.186 e. The maximum Gasteiger partial charge on any atom is 0.186 e. The summed E-state index contributed by atoms with van der Waals surface area (Å²) in [5, 5.41) is 4.70. The van der Waals surface area contributed by atoms with Crippen LogP contribution in [0.5, 0.6) is 0 Å². The Labute approximate surface area is 137 Å². The van der Waals surface area contributed by atoms with Crippen molar-refractivity contribution in [1.82, 2.24) is 9.78 Å². The molecule has 1 aromatic carbocycles. The van der Waals surface area contributed by atoms with Crippen molar-refractivity contribution in [2.45, 2.75) is 31.0 Å². The van der Waals surface area contributed by atoms with E-state index in [1.165, 1.54) is 18.2 Å². The summed E-state index contributed by atoms with van der Waals surface area (Å²) < 4.78 is 27.5. The highest BCUT2D eigenvalue weighted by Crippen LogP contribution is 2.29. The van der Waals surface area contributed by atoms with Crippen molar-refractivity contribution < 1.29 is 8.42 Å². The number of aromatic nitrogens is 2. The molecule has 1 aromatic heterocycles. The van der Waals surface area contributed by atoms with Crippen molar-refractivity contribution in [3.05, 3.63) is 39.1 Å². The van der Waals surface area contributed by atoms with Gasteiger partial charge >= 0.3 is 0 Å². The highest BCUT2D eigenvalue weighted by Gasteiger charge is 2.23. The Morgan fingerprint density at radius 2 is 2.10 bits per heavy atom. The minimum atomic E-state index is -3.58. The molecule has 2 N–H and O–H groups in total. The van der Waals surface area contributed by atoms with Crippen LogP contribution in [0.25, 0.3) is 0 Å². The minimum Gasteiger partial charge on any atom is -0.398 e.